The van der Waals surface area contributed by atoms with E-state index in [1.54, 1.807) is 7.11 Å². The van der Waals surface area contributed by atoms with Gasteiger partial charge in [-0.05, 0) is 32.4 Å². The summed E-state index contributed by atoms with van der Waals surface area (Å²) >= 11 is 0. The molecule has 1 saturated heterocycles. The average molecular weight is 329 g/mol. The molecule has 2 aromatic rings. The normalized spacial score (nSPS) is 20.4. The van der Waals surface area contributed by atoms with Crippen molar-refractivity contribution >= 4 is 16.6 Å². The molecular formula is C19H27N3O2. The number of aliphatic hydroxyl groups is 1. The summed E-state index contributed by atoms with van der Waals surface area (Å²) in [6.45, 7) is 9.80. The monoisotopic (exact) mass is 329 g/mol. The van der Waals surface area contributed by atoms with Gasteiger partial charge in [-0.15, -0.1) is 0 Å². The number of nitrogens with zero attached hydrogens (tertiary/aromatic N) is 3. The van der Waals surface area contributed by atoms with Crippen molar-refractivity contribution in [1.82, 2.24) is 9.88 Å². The van der Waals surface area contributed by atoms with Crippen molar-refractivity contribution in [2.24, 2.45) is 0 Å². The summed E-state index contributed by atoms with van der Waals surface area (Å²) in [7, 11) is 1.69. The van der Waals surface area contributed by atoms with Gasteiger partial charge in [0.15, 0.2) is 0 Å². The highest BCUT2D eigenvalue weighted by atomic mass is 16.5. The molecule has 1 N–H and O–H groups in total. The summed E-state index contributed by atoms with van der Waals surface area (Å²) in [4.78, 5) is 9.39. The molecule has 0 bridgehead atoms. The van der Waals surface area contributed by atoms with Crippen molar-refractivity contribution in [1.29, 1.82) is 0 Å². The van der Waals surface area contributed by atoms with Crippen LogP contribution in [0.3, 0.4) is 0 Å². The molecule has 130 valence electrons. The number of para-hydroxylation sites is 1. The minimum absolute atomic E-state index is 0.285. The molecule has 1 fully saturated rings. The molecule has 3 rings (SSSR count). The lowest BCUT2D eigenvalue weighted by molar-refractivity contribution is 0.0960. The number of piperazine rings is 1. The molecule has 0 radical (unpaired) electrons. The van der Waals surface area contributed by atoms with Crippen molar-refractivity contribution in [3.63, 3.8) is 0 Å². The summed E-state index contributed by atoms with van der Waals surface area (Å²) in [6, 6.07) is 6.51. The number of pyridine rings is 1. The van der Waals surface area contributed by atoms with Crippen LogP contribution in [0.5, 0.6) is 5.75 Å². The van der Waals surface area contributed by atoms with Crippen LogP contribution < -0.4 is 9.64 Å². The van der Waals surface area contributed by atoms with E-state index in [9.17, 15) is 5.11 Å². The maximum absolute atomic E-state index is 9.67. The van der Waals surface area contributed by atoms with Gasteiger partial charge in [-0.1, -0.05) is 12.1 Å². The van der Waals surface area contributed by atoms with E-state index < -0.39 is 0 Å². The fraction of sp³-hybridized carbons (Fsp3) is 0.526. The number of hydrogen-bond acceptors (Lipinski definition) is 5. The van der Waals surface area contributed by atoms with E-state index in [1.165, 1.54) is 11.3 Å². The van der Waals surface area contributed by atoms with Gasteiger partial charge < -0.3 is 14.7 Å². The Morgan fingerprint density at radius 2 is 2.17 bits per heavy atom. The Morgan fingerprint density at radius 1 is 1.38 bits per heavy atom. The Labute approximate surface area is 143 Å². The predicted octanol–water partition coefficient (Wildman–Crippen LogP) is 2.44. The maximum atomic E-state index is 9.67. The molecule has 1 aliphatic rings. The molecular weight excluding hydrogens is 302 g/mol. The third kappa shape index (κ3) is 3.19. The number of β-amino-alcohol motifs (C(OH)–C–C–N with tert-alkyl or cyclic N) is 1. The molecule has 5 heteroatoms. The highest BCUT2D eigenvalue weighted by Gasteiger charge is 2.26. The molecule has 0 spiro atoms. The molecule has 0 saturated carbocycles. The molecule has 1 aromatic carbocycles. The molecule has 2 heterocycles. The fourth-order valence-electron chi connectivity index (χ4n) is 3.67. The Morgan fingerprint density at radius 3 is 2.83 bits per heavy atom. The first kappa shape index (κ1) is 17.0. The van der Waals surface area contributed by atoms with E-state index >= 15 is 0 Å². The number of hydrogen-bond donors (Lipinski definition) is 1. The third-order valence-corrected chi connectivity index (χ3v) is 4.81. The number of methoxy groups -OCH3 is 1. The second-order valence-electron chi connectivity index (χ2n) is 6.79. The van der Waals surface area contributed by atoms with Crippen molar-refractivity contribution in [3.8, 4) is 5.75 Å². The minimum atomic E-state index is -0.285. The number of aliphatic hydroxyl groups excluding tert-OH is 1. The van der Waals surface area contributed by atoms with Crippen molar-refractivity contribution in [2.45, 2.75) is 32.9 Å². The van der Waals surface area contributed by atoms with Crippen molar-refractivity contribution in [3.05, 3.63) is 30.0 Å². The van der Waals surface area contributed by atoms with Gasteiger partial charge >= 0.3 is 0 Å². The summed E-state index contributed by atoms with van der Waals surface area (Å²) in [5.41, 5.74) is 3.36. The van der Waals surface area contributed by atoms with Crippen LogP contribution in [0.15, 0.2) is 24.4 Å². The first-order valence-electron chi connectivity index (χ1n) is 8.60. The topological polar surface area (TPSA) is 48.8 Å². The standard InChI is InChI=1S/C19H27N3O2/c1-13-10-20-18-16(6-5-7-17(18)24-4)19(13)22-9-8-21(12-15(3)23)14(2)11-22/h5-7,10,14-15,23H,8-9,11-12H2,1-4H3. The number of aryl methyl sites for hydroxylation is 1. The van der Waals surface area contributed by atoms with Gasteiger partial charge in [-0.3, -0.25) is 9.88 Å². The van der Waals surface area contributed by atoms with E-state index in [0.717, 1.165) is 42.8 Å². The van der Waals surface area contributed by atoms with Gasteiger partial charge in [0.1, 0.15) is 11.3 Å². The number of anilines is 1. The molecule has 2 atom stereocenters. The maximum Gasteiger partial charge on any atom is 0.145 e. The van der Waals surface area contributed by atoms with Crippen LogP contribution in [0.2, 0.25) is 0 Å². The van der Waals surface area contributed by atoms with Crippen LogP contribution in [-0.4, -0.2) is 60.4 Å². The average Bonchev–Trinajstić information content (AvgIpc) is 2.55. The largest absolute Gasteiger partial charge is 0.494 e. The van der Waals surface area contributed by atoms with Crippen LogP contribution in [0.1, 0.15) is 19.4 Å². The number of rotatable bonds is 4. The lowest BCUT2D eigenvalue weighted by Crippen LogP contribution is -2.53. The quantitative estimate of drug-likeness (QED) is 0.934. The van der Waals surface area contributed by atoms with Crippen LogP contribution >= 0.6 is 0 Å². The predicted molar refractivity (Wildman–Crippen MR) is 98.0 cm³/mol. The van der Waals surface area contributed by atoms with E-state index in [2.05, 4.69) is 34.7 Å². The second kappa shape index (κ2) is 6.95. The van der Waals surface area contributed by atoms with E-state index in [4.69, 9.17) is 4.74 Å². The first-order chi connectivity index (χ1) is 11.5. The minimum Gasteiger partial charge on any atom is -0.494 e. The van der Waals surface area contributed by atoms with Gasteiger partial charge in [-0.25, -0.2) is 0 Å². The van der Waals surface area contributed by atoms with E-state index in [-0.39, 0.29) is 6.10 Å². The lowest BCUT2D eigenvalue weighted by Gasteiger charge is -2.42. The molecule has 1 aliphatic heterocycles. The van der Waals surface area contributed by atoms with Crippen LogP contribution in [0.4, 0.5) is 5.69 Å². The zero-order valence-electron chi connectivity index (χ0n) is 15.0. The van der Waals surface area contributed by atoms with Gasteiger partial charge in [0.2, 0.25) is 0 Å². The Hall–Kier alpha value is -1.85. The van der Waals surface area contributed by atoms with Crippen molar-refractivity contribution in [2.75, 3.05) is 38.2 Å². The zero-order valence-corrected chi connectivity index (χ0v) is 15.0. The molecule has 5 nitrogen and oxygen atoms in total. The van der Waals surface area contributed by atoms with Gasteiger partial charge in [0, 0.05) is 43.8 Å². The Kier molecular flexibility index (Phi) is 4.92. The molecule has 2 unspecified atom stereocenters. The van der Waals surface area contributed by atoms with Crippen LogP contribution in [-0.2, 0) is 0 Å². The molecule has 24 heavy (non-hydrogen) atoms. The summed E-state index contributed by atoms with van der Waals surface area (Å²) in [5.74, 6) is 0.814. The fourth-order valence-corrected chi connectivity index (χ4v) is 3.67. The Balaban J connectivity index is 1.94. The smallest absolute Gasteiger partial charge is 0.145 e. The lowest BCUT2D eigenvalue weighted by atomic mass is 10.1. The van der Waals surface area contributed by atoms with E-state index in [0.29, 0.717) is 6.04 Å². The third-order valence-electron chi connectivity index (χ3n) is 4.81. The number of fused-ring (bicyclic) bond motifs is 1. The van der Waals surface area contributed by atoms with Gasteiger partial charge in [0.05, 0.1) is 18.9 Å². The SMILES string of the molecule is COc1cccc2c(N3CCN(CC(C)O)C(C)C3)c(C)cnc12. The first-order valence-corrected chi connectivity index (χ1v) is 8.60. The van der Waals surface area contributed by atoms with Gasteiger partial charge in [-0.2, -0.15) is 0 Å². The van der Waals surface area contributed by atoms with Crippen molar-refractivity contribution < 1.29 is 9.84 Å². The zero-order chi connectivity index (χ0) is 17.3. The second-order valence-corrected chi connectivity index (χ2v) is 6.79. The van der Waals surface area contributed by atoms with E-state index in [1.807, 2.05) is 25.3 Å². The number of aromatic nitrogens is 1. The van der Waals surface area contributed by atoms with Crippen LogP contribution in [0, 0.1) is 6.92 Å². The van der Waals surface area contributed by atoms with Crippen LogP contribution in [0.25, 0.3) is 10.9 Å². The number of benzene rings is 1. The molecule has 0 amide bonds. The molecule has 1 aromatic heterocycles. The molecule has 0 aliphatic carbocycles. The summed E-state index contributed by atoms with van der Waals surface area (Å²) < 4.78 is 5.47. The van der Waals surface area contributed by atoms with Gasteiger partial charge in [0.25, 0.3) is 0 Å². The summed E-state index contributed by atoms with van der Waals surface area (Å²) in [6.07, 6.45) is 1.65. The highest BCUT2D eigenvalue weighted by molar-refractivity contribution is 5.96. The summed E-state index contributed by atoms with van der Waals surface area (Å²) in [5, 5.41) is 10.8. The Bertz CT molecular complexity index is 717. The highest BCUT2D eigenvalue weighted by Crippen LogP contribution is 2.34. The number of ether oxygens (including phenoxy) is 1.